The van der Waals surface area contributed by atoms with Crippen molar-refractivity contribution in [2.24, 2.45) is 0 Å². The van der Waals surface area contributed by atoms with Gasteiger partial charge in [-0.2, -0.15) is 0 Å². The Morgan fingerprint density at radius 1 is 1.00 bits per heavy atom. The van der Waals surface area contributed by atoms with Gasteiger partial charge in [0.15, 0.2) is 6.61 Å². The Bertz CT molecular complexity index is 921. The van der Waals surface area contributed by atoms with Crippen LogP contribution in [0.15, 0.2) is 54.6 Å². The summed E-state index contributed by atoms with van der Waals surface area (Å²) in [4.78, 5) is 39.1. The molecule has 0 radical (unpaired) electrons. The summed E-state index contributed by atoms with van der Waals surface area (Å²) in [6.07, 6.45) is 0.897. The molecule has 7 heteroatoms. The number of para-hydroxylation sites is 2. The SMILES string of the molecule is CCOc1ccccc1NC(=O)COC(=O)C1(c2ccccc2)CCN(C(C)=O)CC1. The smallest absolute Gasteiger partial charge is 0.317 e. The van der Waals surface area contributed by atoms with Crippen molar-refractivity contribution in [3.8, 4) is 5.75 Å². The zero-order valence-electron chi connectivity index (χ0n) is 17.9. The first kappa shape index (κ1) is 22.3. The summed E-state index contributed by atoms with van der Waals surface area (Å²) in [5.41, 5.74) is 0.486. The first-order valence-corrected chi connectivity index (χ1v) is 10.5. The van der Waals surface area contributed by atoms with Crippen LogP contribution in [0.25, 0.3) is 0 Å². The molecule has 2 aromatic carbocycles. The minimum atomic E-state index is -0.878. The quantitative estimate of drug-likeness (QED) is 0.690. The summed E-state index contributed by atoms with van der Waals surface area (Å²) >= 11 is 0. The van der Waals surface area contributed by atoms with Crippen LogP contribution in [0.2, 0.25) is 0 Å². The van der Waals surface area contributed by atoms with Crippen LogP contribution in [0.4, 0.5) is 5.69 Å². The fourth-order valence-electron chi connectivity index (χ4n) is 3.88. The molecule has 2 aromatic rings. The lowest BCUT2D eigenvalue weighted by Crippen LogP contribution is -2.49. The molecule has 1 heterocycles. The summed E-state index contributed by atoms with van der Waals surface area (Å²) < 4.78 is 11.0. The van der Waals surface area contributed by atoms with Gasteiger partial charge < -0.3 is 19.7 Å². The highest BCUT2D eigenvalue weighted by molar-refractivity contribution is 5.95. The number of nitrogens with zero attached hydrogens (tertiary/aromatic N) is 1. The average molecular weight is 424 g/mol. The van der Waals surface area contributed by atoms with E-state index in [2.05, 4.69) is 5.32 Å². The maximum Gasteiger partial charge on any atom is 0.317 e. The predicted octanol–water partition coefficient (Wildman–Crippen LogP) is 3.15. The molecule has 1 saturated heterocycles. The molecule has 0 saturated carbocycles. The molecule has 0 atom stereocenters. The van der Waals surface area contributed by atoms with E-state index < -0.39 is 23.9 Å². The lowest BCUT2D eigenvalue weighted by molar-refractivity contribution is -0.156. The van der Waals surface area contributed by atoms with Crippen LogP contribution >= 0.6 is 0 Å². The van der Waals surface area contributed by atoms with E-state index >= 15 is 0 Å². The van der Waals surface area contributed by atoms with Crippen LogP contribution in [0.3, 0.4) is 0 Å². The number of carbonyl (C=O) groups excluding carboxylic acids is 3. The number of esters is 1. The summed E-state index contributed by atoms with van der Waals surface area (Å²) in [5.74, 6) is -0.343. The molecule has 1 fully saturated rings. The first-order chi connectivity index (χ1) is 15.0. The molecule has 0 aliphatic carbocycles. The third-order valence-electron chi connectivity index (χ3n) is 5.57. The average Bonchev–Trinajstić information content (AvgIpc) is 2.79. The Hall–Kier alpha value is -3.35. The largest absolute Gasteiger partial charge is 0.492 e. The molecule has 3 rings (SSSR count). The van der Waals surface area contributed by atoms with Crippen molar-refractivity contribution in [1.82, 2.24) is 4.90 Å². The van der Waals surface area contributed by atoms with Gasteiger partial charge in [0.25, 0.3) is 5.91 Å². The summed E-state index contributed by atoms with van der Waals surface area (Å²) in [6.45, 7) is 4.39. The van der Waals surface area contributed by atoms with Crippen molar-refractivity contribution in [1.29, 1.82) is 0 Å². The molecule has 1 aliphatic heterocycles. The Kier molecular flexibility index (Phi) is 7.28. The number of hydrogen-bond acceptors (Lipinski definition) is 5. The van der Waals surface area contributed by atoms with Crippen molar-refractivity contribution in [3.63, 3.8) is 0 Å². The van der Waals surface area contributed by atoms with Crippen LogP contribution in [0.1, 0.15) is 32.3 Å². The number of anilines is 1. The van der Waals surface area contributed by atoms with Gasteiger partial charge in [0.05, 0.1) is 17.7 Å². The van der Waals surface area contributed by atoms with E-state index in [1.807, 2.05) is 43.3 Å². The highest BCUT2D eigenvalue weighted by Crippen LogP contribution is 2.37. The minimum Gasteiger partial charge on any atom is -0.492 e. The van der Waals surface area contributed by atoms with E-state index in [1.165, 1.54) is 6.92 Å². The topological polar surface area (TPSA) is 84.9 Å². The van der Waals surface area contributed by atoms with Crippen molar-refractivity contribution < 1.29 is 23.9 Å². The summed E-state index contributed by atoms with van der Waals surface area (Å²) in [5, 5.41) is 2.73. The van der Waals surface area contributed by atoms with E-state index in [4.69, 9.17) is 9.47 Å². The van der Waals surface area contributed by atoms with E-state index in [1.54, 1.807) is 23.1 Å². The van der Waals surface area contributed by atoms with Gasteiger partial charge in [0, 0.05) is 20.0 Å². The monoisotopic (exact) mass is 424 g/mol. The number of ether oxygens (including phenoxy) is 2. The van der Waals surface area contributed by atoms with Crippen molar-refractivity contribution in [3.05, 3.63) is 60.2 Å². The molecular formula is C24H28N2O5. The number of likely N-dealkylation sites (tertiary alicyclic amines) is 1. The third kappa shape index (κ3) is 5.23. The van der Waals surface area contributed by atoms with Crippen LogP contribution < -0.4 is 10.1 Å². The maximum absolute atomic E-state index is 13.2. The number of hydrogen-bond donors (Lipinski definition) is 1. The van der Waals surface area contributed by atoms with E-state index in [0.717, 1.165) is 5.56 Å². The molecule has 1 N–H and O–H groups in total. The standard InChI is InChI=1S/C24H28N2O5/c1-3-30-21-12-8-7-11-20(21)25-22(28)17-31-23(29)24(19-9-5-4-6-10-19)13-15-26(16-14-24)18(2)27/h4-12H,3,13-17H2,1-2H3,(H,25,28). The molecule has 0 spiro atoms. The van der Waals surface area contributed by atoms with Gasteiger partial charge in [0.1, 0.15) is 5.75 Å². The minimum absolute atomic E-state index is 0.0117. The number of carbonyl (C=O) groups is 3. The molecule has 7 nitrogen and oxygen atoms in total. The van der Waals surface area contributed by atoms with E-state index in [0.29, 0.717) is 44.0 Å². The Labute approximate surface area is 182 Å². The third-order valence-corrected chi connectivity index (χ3v) is 5.57. The number of piperidine rings is 1. The van der Waals surface area contributed by atoms with Crippen molar-refractivity contribution >= 4 is 23.5 Å². The van der Waals surface area contributed by atoms with Gasteiger partial charge >= 0.3 is 5.97 Å². The number of rotatable bonds is 7. The van der Waals surface area contributed by atoms with Gasteiger partial charge in [-0.15, -0.1) is 0 Å². The van der Waals surface area contributed by atoms with Gasteiger partial charge in [0.2, 0.25) is 5.91 Å². The van der Waals surface area contributed by atoms with Crippen LogP contribution in [-0.4, -0.2) is 49.0 Å². The maximum atomic E-state index is 13.2. The number of nitrogens with one attached hydrogen (secondary N) is 1. The molecule has 1 aliphatic rings. The lowest BCUT2D eigenvalue weighted by atomic mass is 9.72. The van der Waals surface area contributed by atoms with Gasteiger partial charge in [-0.05, 0) is 37.5 Å². The number of amides is 2. The summed E-state index contributed by atoms with van der Waals surface area (Å²) in [6, 6.07) is 16.5. The van der Waals surface area contributed by atoms with Gasteiger partial charge in [-0.25, -0.2) is 0 Å². The zero-order chi connectivity index (χ0) is 22.3. The highest BCUT2D eigenvalue weighted by Gasteiger charge is 2.44. The highest BCUT2D eigenvalue weighted by atomic mass is 16.5. The Balaban J connectivity index is 1.69. The molecule has 0 bridgehead atoms. The molecule has 0 unspecified atom stereocenters. The first-order valence-electron chi connectivity index (χ1n) is 10.5. The fourth-order valence-corrected chi connectivity index (χ4v) is 3.88. The zero-order valence-corrected chi connectivity index (χ0v) is 17.9. The molecule has 0 aromatic heterocycles. The number of benzene rings is 2. The van der Waals surface area contributed by atoms with Crippen molar-refractivity contribution in [2.45, 2.75) is 32.1 Å². The van der Waals surface area contributed by atoms with Gasteiger partial charge in [-0.1, -0.05) is 42.5 Å². The van der Waals surface area contributed by atoms with Gasteiger partial charge in [-0.3, -0.25) is 14.4 Å². The molecule has 164 valence electrons. The van der Waals surface area contributed by atoms with Crippen LogP contribution in [-0.2, 0) is 24.5 Å². The normalized spacial score (nSPS) is 15.1. The predicted molar refractivity (Wildman–Crippen MR) is 117 cm³/mol. The van der Waals surface area contributed by atoms with Crippen LogP contribution in [0, 0.1) is 0 Å². The molecular weight excluding hydrogens is 396 g/mol. The second-order valence-electron chi connectivity index (χ2n) is 7.51. The summed E-state index contributed by atoms with van der Waals surface area (Å²) in [7, 11) is 0. The lowest BCUT2D eigenvalue weighted by Gasteiger charge is -2.40. The Morgan fingerprint density at radius 2 is 1.65 bits per heavy atom. The van der Waals surface area contributed by atoms with E-state index in [-0.39, 0.29) is 5.91 Å². The van der Waals surface area contributed by atoms with Crippen LogP contribution in [0.5, 0.6) is 5.75 Å². The Morgan fingerprint density at radius 3 is 2.29 bits per heavy atom. The van der Waals surface area contributed by atoms with E-state index in [9.17, 15) is 14.4 Å². The molecule has 2 amide bonds. The second-order valence-corrected chi connectivity index (χ2v) is 7.51. The second kappa shape index (κ2) is 10.1. The fraction of sp³-hybridized carbons (Fsp3) is 0.375. The molecule has 31 heavy (non-hydrogen) atoms. The van der Waals surface area contributed by atoms with Crippen molar-refractivity contribution in [2.75, 3.05) is 31.6 Å².